The number of rotatable bonds is 3. The molecule has 1 aliphatic rings. The molecular weight excluding hydrogens is 288 g/mol. The van der Waals surface area contributed by atoms with Crippen LogP contribution in [0.3, 0.4) is 0 Å². The summed E-state index contributed by atoms with van der Waals surface area (Å²) in [4.78, 5) is 27.6. The maximum atomic E-state index is 12.4. The van der Waals surface area contributed by atoms with E-state index in [0.717, 1.165) is 42.5 Å². The summed E-state index contributed by atoms with van der Waals surface area (Å²) in [5.41, 5.74) is 5.60. The van der Waals surface area contributed by atoms with Gasteiger partial charge in [0.15, 0.2) is 0 Å². The third-order valence-corrected chi connectivity index (χ3v) is 4.68. The molecule has 0 fully saturated rings. The number of amides is 1. The second-order valence-electron chi connectivity index (χ2n) is 6.22. The minimum atomic E-state index is -0.132. The first-order chi connectivity index (χ1) is 11.1. The summed E-state index contributed by atoms with van der Waals surface area (Å²) in [6, 6.07) is 7.48. The molecule has 120 valence electrons. The zero-order chi connectivity index (χ0) is 16.4. The summed E-state index contributed by atoms with van der Waals surface area (Å²) >= 11 is 0. The van der Waals surface area contributed by atoms with Crippen LogP contribution in [0.25, 0.3) is 0 Å². The van der Waals surface area contributed by atoms with Crippen molar-refractivity contribution in [1.29, 1.82) is 0 Å². The van der Waals surface area contributed by atoms with Gasteiger partial charge in [0.1, 0.15) is 0 Å². The summed E-state index contributed by atoms with van der Waals surface area (Å²) in [7, 11) is 0. The molecule has 0 saturated heterocycles. The predicted molar refractivity (Wildman–Crippen MR) is 90.8 cm³/mol. The topological polar surface area (TPSA) is 62.0 Å². The van der Waals surface area contributed by atoms with Crippen molar-refractivity contribution in [3.63, 3.8) is 0 Å². The van der Waals surface area contributed by atoms with Crippen molar-refractivity contribution >= 4 is 5.91 Å². The third-order valence-electron chi connectivity index (χ3n) is 4.68. The van der Waals surface area contributed by atoms with Crippen LogP contribution in [0.1, 0.15) is 51.1 Å². The third kappa shape index (κ3) is 3.07. The molecule has 2 N–H and O–H groups in total. The zero-order valence-electron chi connectivity index (χ0n) is 13.7. The first-order valence-corrected chi connectivity index (χ1v) is 8.15. The van der Waals surface area contributed by atoms with Gasteiger partial charge >= 0.3 is 0 Å². The van der Waals surface area contributed by atoms with E-state index in [0.29, 0.717) is 11.1 Å². The highest BCUT2D eigenvalue weighted by molar-refractivity contribution is 5.95. The van der Waals surface area contributed by atoms with E-state index in [4.69, 9.17) is 0 Å². The fraction of sp³-hybridized carbons (Fsp3) is 0.368. The molecule has 0 spiro atoms. The molecule has 0 unspecified atom stereocenters. The Morgan fingerprint density at radius 2 is 1.83 bits per heavy atom. The molecule has 4 heteroatoms. The smallest absolute Gasteiger partial charge is 0.253 e. The van der Waals surface area contributed by atoms with Crippen LogP contribution >= 0.6 is 0 Å². The molecule has 23 heavy (non-hydrogen) atoms. The van der Waals surface area contributed by atoms with E-state index < -0.39 is 0 Å². The Hall–Kier alpha value is -2.36. The Bertz CT molecular complexity index is 806. The molecule has 1 amide bonds. The van der Waals surface area contributed by atoms with Crippen LogP contribution in [0, 0.1) is 13.8 Å². The molecule has 0 atom stereocenters. The minimum absolute atomic E-state index is 0.0757. The van der Waals surface area contributed by atoms with Crippen LogP contribution in [0.4, 0.5) is 0 Å². The Labute approximate surface area is 135 Å². The number of pyridine rings is 1. The lowest BCUT2D eigenvalue weighted by Gasteiger charge is -2.21. The normalized spacial score (nSPS) is 13.5. The van der Waals surface area contributed by atoms with Gasteiger partial charge in [0.25, 0.3) is 11.5 Å². The van der Waals surface area contributed by atoms with Gasteiger partial charge in [-0.1, -0.05) is 18.2 Å². The van der Waals surface area contributed by atoms with Crippen LogP contribution in [0.5, 0.6) is 0 Å². The second-order valence-corrected chi connectivity index (χ2v) is 6.22. The quantitative estimate of drug-likeness (QED) is 0.915. The van der Waals surface area contributed by atoms with Crippen LogP contribution < -0.4 is 10.9 Å². The number of carbonyl (C=O) groups excluding carboxylic acids is 1. The Balaban J connectivity index is 1.85. The average Bonchev–Trinajstić information content (AvgIpc) is 2.55. The van der Waals surface area contributed by atoms with Gasteiger partial charge in [-0.25, -0.2) is 0 Å². The molecule has 0 bridgehead atoms. The number of hydrogen-bond donors (Lipinski definition) is 2. The molecule has 2 aromatic rings. The number of H-pyrrole nitrogens is 1. The lowest BCUT2D eigenvalue weighted by molar-refractivity contribution is 0.0950. The predicted octanol–water partition coefficient (Wildman–Crippen LogP) is 2.80. The number of nitrogens with one attached hydrogen (secondary N) is 2. The van der Waals surface area contributed by atoms with Gasteiger partial charge in [-0.05, 0) is 62.3 Å². The molecule has 0 saturated carbocycles. The second kappa shape index (κ2) is 6.41. The van der Waals surface area contributed by atoms with E-state index in [2.05, 4.69) is 10.3 Å². The highest BCUT2D eigenvalue weighted by Gasteiger charge is 2.19. The summed E-state index contributed by atoms with van der Waals surface area (Å²) in [6.07, 6.45) is 4.20. The Morgan fingerprint density at radius 1 is 1.13 bits per heavy atom. The summed E-state index contributed by atoms with van der Waals surface area (Å²) in [5.74, 6) is -0.132. The number of hydrogen-bond acceptors (Lipinski definition) is 2. The summed E-state index contributed by atoms with van der Waals surface area (Å²) in [5, 5.41) is 2.91. The number of aromatic amines is 1. The highest BCUT2D eigenvalue weighted by Crippen LogP contribution is 2.24. The number of benzene rings is 1. The Kier molecular flexibility index (Phi) is 4.33. The first kappa shape index (κ1) is 15.5. The van der Waals surface area contributed by atoms with Crippen LogP contribution in [-0.4, -0.2) is 10.9 Å². The Morgan fingerprint density at radius 3 is 2.57 bits per heavy atom. The van der Waals surface area contributed by atoms with Gasteiger partial charge in [-0.2, -0.15) is 0 Å². The van der Waals surface area contributed by atoms with E-state index in [1.807, 2.05) is 32.0 Å². The molecule has 1 heterocycles. The molecule has 3 rings (SSSR count). The van der Waals surface area contributed by atoms with Crippen LogP contribution in [0.15, 0.2) is 29.1 Å². The standard InChI is InChI=1S/C19H22N2O2/c1-12-7-3-4-8-14(12)18(22)20-11-17-16-10-6-5-9-15(16)13(2)21-19(17)23/h3-4,7-8H,5-6,9-11H2,1-2H3,(H,20,22)(H,21,23). The van der Waals surface area contributed by atoms with Crippen molar-refractivity contribution in [2.45, 2.75) is 46.1 Å². The average molecular weight is 310 g/mol. The first-order valence-electron chi connectivity index (χ1n) is 8.15. The van der Waals surface area contributed by atoms with Crippen molar-refractivity contribution in [3.05, 3.63) is 68.1 Å². The lowest BCUT2D eigenvalue weighted by atomic mass is 9.88. The highest BCUT2D eigenvalue weighted by atomic mass is 16.1. The van der Waals surface area contributed by atoms with Crippen molar-refractivity contribution in [2.75, 3.05) is 0 Å². The fourth-order valence-corrected chi connectivity index (χ4v) is 3.39. The van der Waals surface area contributed by atoms with Gasteiger partial charge in [0.2, 0.25) is 0 Å². The van der Waals surface area contributed by atoms with Crippen molar-refractivity contribution in [2.24, 2.45) is 0 Å². The minimum Gasteiger partial charge on any atom is -0.348 e. The van der Waals surface area contributed by atoms with Crippen LogP contribution in [0.2, 0.25) is 0 Å². The molecule has 1 aliphatic carbocycles. The van der Waals surface area contributed by atoms with Gasteiger partial charge in [-0.3, -0.25) is 9.59 Å². The van der Waals surface area contributed by atoms with E-state index in [1.54, 1.807) is 6.07 Å². The number of fused-ring (bicyclic) bond motifs is 1. The number of aromatic nitrogens is 1. The maximum Gasteiger partial charge on any atom is 0.253 e. The maximum absolute atomic E-state index is 12.4. The van der Waals surface area contributed by atoms with Gasteiger partial charge < -0.3 is 10.3 Å². The van der Waals surface area contributed by atoms with E-state index in [-0.39, 0.29) is 18.0 Å². The van der Waals surface area contributed by atoms with Crippen molar-refractivity contribution in [3.8, 4) is 0 Å². The lowest BCUT2D eigenvalue weighted by Crippen LogP contribution is -2.30. The molecule has 0 aliphatic heterocycles. The van der Waals surface area contributed by atoms with E-state index in [9.17, 15) is 9.59 Å². The molecule has 1 aromatic heterocycles. The summed E-state index contributed by atoms with van der Waals surface area (Å²) < 4.78 is 0. The fourth-order valence-electron chi connectivity index (χ4n) is 3.39. The molecule has 4 nitrogen and oxygen atoms in total. The zero-order valence-corrected chi connectivity index (χ0v) is 13.7. The number of carbonyl (C=O) groups is 1. The van der Waals surface area contributed by atoms with Gasteiger partial charge in [-0.15, -0.1) is 0 Å². The monoisotopic (exact) mass is 310 g/mol. The van der Waals surface area contributed by atoms with Crippen molar-refractivity contribution in [1.82, 2.24) is 10.3 Å². The molecule has 0 radical (unpaired) electrons. The van der Waals surface area contributed by atoms with Crippen LogP contribution in [-0.2, 0) is 19.4 Å². The SMILES string of the molecule is Cc1ccccc1C(=O)NCc1c2c(c(C)[nH]c1=O)CCCC2. The summed E-state index contributed by atoms with van der Waals surface area (Å²) in [6.45, 7) is 4.15. The molecular formula is C19H22N2O2. The largest absolute Gasteiger partial charge is 0.348 e. The van der Waals surface area contributed by atoms with E-state index >= 15 is 0 Å². The molecule has 1 aromatic carbocycles. The van der Waals surface area contributed by atoms with Gasteiger partial charge in [0, 0.05) is 23.4 Å². The van der Waals surface area contributed by atoms with Gasteiger partial charge in [0.05, 0.1) is 0 Å². The van der Waals surface area contributed by atoms with E-state index in [1.165, 1.54) is 5.56 Å². The number of aryl methyl sites for hydroxylation is 2. The van der Waals surface area contributed by atoms with Crippen molar-refractivity contribution < 1.29 is 4.79 Å².